The Morgan fingerprint density at radius 3 is 2.71 bits per heavy atom. The van der Waals surface area contributed by atoms with E-state index in [0.29, 0.717) is 16.4 Å². The topological polar surface area (TPSA) is 86.7 Å². The predicted molar refractivity (Wildman–Crippen MR) is 94.4 cm³/mol. The number of imide groups is 1. The maximum atomic E-state index is 12.3. The van der Waals surface area contributed by atoms with E-state index < -0.39 is 23.2 Å². The van der Waals surface area contributed by atoms with Crippen molar-refractivity contribution < 1.29 is 19.5 Å². The first-order chi connectivity index (χ1) is 11.5. The standard InChI is InChI=1S/C16H16N2O4S2/c19-12-9-23-8-11(12)17-14(20)7-18-15(21)13(24-16(18)22)6-10-4-2-1-3-5-10/h1-6,11-12,19H,7-9H2,(H,17,20)/b13-6+/t11-,12+/m1/s1. The first kappa shape index (κ1) is 17.1. The summed E-state index contributed by atoms with van der Waals surface area (Å²) in [7, 11) is 0. The van der Waals surface area contributed by atoms with E-state index in [1.54, 1.807) is 17.8 Å². The Labute approximate surface area is 147 Å². The SMILES string of the molecule is O=C(CN1C(=O)S/C(=C/c2ccccc2)C1=O)N[C@@H]1CSC[C@@H]1O. The Morgan fingerprint density at radius 2 is 2.04 bits per heavy atom. The van der Waals surface area contributed by atoms with Gasteiger partial charge in [-0.15, -0.1) is 0 Å². The number of thioether (sulfide) groups is 2. The van der Waals surface area contributed by atoms with Crippen LogP contribution in [0.2, 0.25) is 0 Å². The normalized spacial score (nSPS) is 25.5. The summed E-state index contributed by atoms with van der Waals surface area (Å²) in [6, 6.07) is 8.88. The Morgan fingerprint density at radius 1 is 1.29 bits per heavy atom. The van der Waals surface area contributed by atoms with Crippen LogP contribution in [-0.4, -0.2) is 57.3 Å². The third-order valence-corrected chi connectivity index (χ3v) is 5.75. The fourth-order valence-electron chi connectivity index (χ4n) is 2.41. The molecule has 2 aliphatic rings. The molecule has 24 heavy (non-hydrogen) atoms. The van der Waals surface area contributed by atoms with Crippen LogP contribution in [0.15, 0.2) is 35.2 Å². The quantitative estimate of drug-likeness (QED) is 0.784. The largest absolute Gasteiger partial charge is 0.390 e. The summed E-state index contributed by atoms with van der Waals surface area (Å²) >= 11 is 2.38. The number of carbonyl (C=O) groups excluding carboxylic acids is 3. The molecule has 6 nitrogen and oxygen atoms in total. The van der Waals surface area contributed by atoms with Gasteiger partial charge in [-0.2, -0.15) is 11.8 Å². The molecule has 1 aromatic carbocycles. The van der Waals surface area contributed by atoms with E-state index in [9.17, 15) is 19.5 Å². The van der Waals surface area contributed by atoms with Gasteiger partial charge in [0, 0.05) is 11.5 Å². The lowest BCUT2D eigenvalue weighted by molar-refractivity contribution is -0.129. The van der Waals surface area contributed by atoms with Crippen molar-refractivity contribution in [2.75, 3.05) is 18.1 Å². The second-order valence-corrected chi connectivity index (χ2v) is 7.53. The number of hydrogen-bond acceptors (Lipinski definition) is 6. The van der Waals surface area contributed by atoms with E-state index in [1.165, 1.54) is 0 Å². The monoisotopic (exact) mass is 364 g/mol. The number of nitrogens with zero attached hydrogens (tertiary/aromatic N) is 1. The van der Waals surface area contributed by atoms with E-state index in [-0.39, 0.29) is 12.6 Å². The molecule has 0 aromatic heterocycles. The van der Waals surface area contributed by atoms with Gasteiger partial charge in [0.25, 0.3) is 11.1 Å². The molecule has 8 heteroatoms. The molecular weight excluding hydrogens is 348 g/mol. The van der Waals surface area contributed by atoms with Crippen LogP contribution >= 0.6 is 23.5 Å². The Hall–Kier alpha value is -1.77. The van der Waals surface area contributed by atoms with Gasteiger partial charge in [0.15, 0.2) is 0 Å². The second kappa shape index (κ2) is 7.42. The van der Waals surface area contributed by atoms with Crippen molar-refractivity contribution in [2.45, 2.75) is 12.1 Å². The summed E-state index contributed by atoms with van der Waals surface area (Å²) in [4.78, 5) is 37.6. The van der Waals surface area contributed by atoms with Gasteiger partial charge in [-0.3, -0.25) is 19.3 Å². The van der Waals surface area contributed by atoms with Crippen LogP contribution in [0.25, 0.3) is 6.08 Å². The fraction of sp³-hybridized carbons (Fsp3) is 0.312. The van der Waals surface area contributed by atoms with Gasteiger partial charge in [-0.1, -0.05) is 30.3 Å². The minimum absolute atomic E-state index is 0.301. The van der Waals surface area contributed by atoms with Gasteiger partial charge in [-0.25, -0.2) is 0 Å². The Balaban J connectivity index is 1.64. The molecule has 0 spiro atoms. The minimum atomic E-state index is -0.591. The lowest BCUT2D eigenvalue weighted by Crippen LogP contribution is -2.47. The maximum Gasteiger partial charge on any atom is 0.294 e. The van der Waals surface area contributed by atoms with Gasteiger partial charge in [0.05, 0.1) is 17.1 Å². The number of aliphatic hydroxyl groups is 1. The molecule has 0 radical (unpaired) electrons. The summed E-state index contributed by atoms with van der Waals surface area (Å²) < 4.78 is 0. The highest BCUT2D eigenvalue weighted by Gasteiger charge is 2.37. The third kappa shape index (κ3) is 3.82. The number of amides is 3. The molecule has 1 aromatic rings. The predicted octanol–water partition coefficient (Wildman–Crippen LogP) is 1.32. The Kier molecular flexibility index (Phi) is 5.27. The summed E-state index contributed by atoms with van der Waals surface area (Å²) in [6.45, 7) is -0.329. The fourth-order valence-corrected chi connectivity index (χ4v) is 4.42. The van der Waals surface area contributed by atoms with Crippen molar-refractivity contribution >= 4 is 46.7 Å². The molecule has 0 bridgehead atoms. The number of rotatable bonds is 4. The first-order valence-electron chi connectivity index (χ1n) is 7.40. The molecule has 0 aliphatic carbocycles. The minimum Gasteiger partial charge on any atom is -0.390 e. The van der Waals surface area contributed by atoms with E-state index in [0.717, 1.165) is 22.2 Å². The second-order valence-electron chi connectivity index (χ2n) is 5.46. The van der Waals surface area contributed by atoms with Crippen molar-refractivity contribution in [3.63, 3.8) is 0 Å². The van der Waals surface area contributed by atoms with Gasteiger partial charge in [0.1, 0.15) is 6.54 Å². The highest BCUT2D eigenvalue weighted by molar-refractivity contribution is 8.18. The van der Waals surface area contributed by atoms with Crippen molar-refractivity contribution in [3.05, 3.63) is 40.8 Å². The van der Waals surface area contributed by atoms with E-state index in [1.807, 2.05) is 30.3 Å². The van der Waals surface area contributed by atoms with Crippen molar-refractivity contribution in [1.82, 2.24) is 10.2 Å². The van der Waals surface area contributed by atoms with Crippen molar-refractivity contribution in [3.8, 4) is 0 Å². The zero-order valence-electron chi connectivity index (χ0n) is 12.7. The lowest BCUT2D eigenvalue weighted by atomic mass is 10.2. The van der Waals surface area contributed by atoms with Gasteiger partial charge in [0.2, 0.25) is 5.91 Å². The zero-order chi connectivity index (χ0) is 17.1. The molecule has 2 heterocycles. The molecule has 2 aliphatic heterocycles. The Bertz CT molecular complexity index is 693. The average molecular weight is 364 g/mol. The molecule has 3 amide bonds. The van der Waals surface area contributed by atoms with Crippen LogP contribution in [0, 0.1) is 0 Å². The molecular formula is C16H16N2O4S2. The molecule has 0 saturated carbocycles. The molecule has 2 fully saturated rings. The highest BCUT2D eigenvalue weighted by atomic mass is 32.2. The summed E-state index contributed by atoms with van der Waals surface area (Å²) in [6.07, 6.45) is 1.05. The van der Waals surface area contributed by atoms with E-state index in [2.05, 4.69) is 5.32 Å². The van der Waals surface area contributed by atoms with E-state index >= 15 is 0 Å². The third-order valence-electron chi connectivity index (χ3n) is 3.67. The van der Waals surface area contributed by atoms with Gasteiger partial charge in [-0.05, 0) is 23.4 Å². The van der Waals surface area contributed by atoms with Crippen LogP contribution in [0.1, 0.15) is 5.56 Å². The van der Waals surface area contributed by atoms with Crippen molar-refractivity contribution in [1.29, 1.82) is 0 Å². The molecule has 2 saturated heterocycles. The molecule has 3 rings (SSSR count). The van der Waals surface area contributed by atoms with Crippen LogP contribution in [0.3, 0.4) is 0 Å². The van der Waals surface area contributed by atoms with Crippen LogP contribution in [0.4, 0.5) is 4.79 Å². The average Bonchev–Trinajstić information content (AvgIpc) is 3.07. The molecule has 0 unspecified atom stereocenters. The van der Waals surface area contributed by atoms with Gasteiger partial charge >= 0.3 is 0 Å². The van der Waals surface area contributed by atoms with Crippen molar-refractivity contribution in [2.24, 2.45) is 0 Å². The number of nitrogens with one attached hydrogen (secondary N) is 1. The van der Waals surface area contributed by atoms with Gasteiger partial charge < -0.3 is 10.4 Å². The summed E-state index contributed by atoms with van der Waals surface area (Å²) in [5.41, 5.74) is 0.818. The number of hydrogen-bond donors (Lipinski definition) is 2. The van der Waals surface area contributed by atoms with Crippen LogP contribution < -0.4 is 5.32 Å². The highest BCUT2D eigenvalue weighted by Crippen LogP contribution is 2.32. The molecule has 2 N–H and O–H groups in total. The van der Waals surface area contributed by atoms with Crippen LogP contribution in [0.5, 0.6) is 0 Å². The zero-order valence-corrected chi connectivity index (χ0v) is 14.3. The number of benzene rings is 1. The molecule has 126 valence electrons. The van der Waals surface area contributed by atoms with E-state index in [4.69, 9.17) is 0 Å². The summed E-state index contributed by atoms with van der Waals surface area (Å²) in [5.74, 6) is 0.296. The molecule has 2 atom stereocenters. The van der Waals surface area contributed by atoms with Crippen LogP contribution in [-0.2, 0) is 9.59 Å². The number of aliphatic hydroxyl groups excluding tert-OH is 1. The first-order valence-corrected chi connectivity index (χ1v) is 9.37. The number of carbonyl (C=O) groups is 3. The summed E-state index contributed by atoms with van der Waals surface area (Å²) in [5, 5.41) is 11.9. The lowest BCUT2D eigenvalue weighted by Gasteiger charge is -2.18. The maximum absolute atomic E-state index is 12.3. The smallest absolute Gasteiger partial charge is 0.294 e.